The fraction of sp³-hybridized carbons (Fsp3) is 0.417. The van der Waals surface area contributed by atoms with E-state index in [0.29, 0.717) is 15.8 Å². The highest BCUT2D eigenvalue weighted by atomic mass is 35.5. The largest absolute Gasteiger partial charge is 0.358 e. The van der Waals surface area contributed by atoms with E-state index in [4.69, 9.17) is 33.0 Å². The average Bonchev–Trinajstić information content (AvgIpc) is 2.32. The molecule has 17 heavy (non-hydrogen) atoms. The molecule has 0 bridgehead atoms. The lowest BCUT2D eigenvalue weighted by atomic mass is 10.0. The SMILES string of the molecule is CCC(CC)C(=O)OOc1ccc(Cl)c(Cl)c1. The van der Waals surface area contributed by atoms with Crippen molar-refractivity contribution in [2.24, 2.45) is 5.92 Å². The van der Waals surface area contributed by atoms with Crippen molar-refractivity contribution in [2.75, 3.05) is 0 Å². The molecule has 0 aromatic heterocycles. The van der Waals surface area contributed by atoms with Gasteiger partial charge in [0.1, 0.15) is 0 Å². The van der Waals surface area contributed by atoms with Crippen LogP contribution in [-0.2, 0) is 9.68 Å². The van der Waals surface area contributed by atoms with Crippen molar-refractivity contribution < 1.29 is 14.6 Å². The normalized spacial score (nSPS) is 10.4. The zero-order valence-electron chi connectivity index (χ0n) is 9.70. The maximum atomic E-state index is 11.5. The minimum atomic E-state index is -0.374. The van der Waals surface area contributed by atoms with Crippen molar-refractivity contribution in [3.05, 3.63) is 28.2 Å². The van der Waals surface area contributed by atoms with Gasteiger partial charge in [0.25, 0.3) is 0 Å². The Morgan fingerprint density at radius 1 is 1.24 bits per heavy atom. The Morgan fingerprint density at radius 3 is 2.41 bits per heavy atom. The zero-order valence-corrected chi connectivity index (χ0v) is 11.2. The number of carbonyl (C=O) groups excluding carboxylic acids is 1. The van der Waals surface area contributed by atoms with E-state index in [1.165, 1.54) is 6.07 Å². The molecule has 0 unspecified atom stereocenters. The van der Waals surface area contributed by atoms with Gasteiger partial charge in [-0.05, 0) is 25.0 Å². The number of hydrogen-bond acceptors (Lipinski definition) is 3. The van der Waals surface area contributed by atoms with Crippen molar-refractivity contribution in [3.63, 3.8) is 0 Å². The third kappa shape index (κ3) is 4.10. The molecule has 94 valence electrons. The summed E-state index contributed by atoms with van der Waals surface area (Å²) < 4.78 is 0. The number of carbonyl (C=O) groups is 1. The van der Waals surface area contributed by atoms with Gasteiger partial charge in [-0.1, -0.05) is 37.0 Å². The summed E-state index contributed by atoms with van der Waals surface area (Å²) in [7, 11) is 0. The number of rotatable bonds is 5. The molecule has 0 heterocycles. The molecule has 0 aliphatic carbocycles. The summed E-state index contributed by atoms with van der Waals surface area (Å²) in [6, 6.07) is 4.64. The smallest absolute Gasteiger partial charge is 0.287 e. The molecule has 0 spiro atoms. The highest BCUT2D eigenvalue weighted by Crippen LogP contribution is 2.26. The van der Waals surface area contributed by atoms with E-state index in [1.807, 2.05) is 13.8 Å². The topological polar surface area (TPSA) is 35.5 Å². The summed E-state index contributed by atoms with van der Waals surface area (Å²) in [5, 5.41) is 0.771. The van der Waals surface area contributed by atoms with Crippen LogP contribution in [0.1, 0.15) is 26.7 Å². The Balaban J connectivity index is 2.55. The van der Waals surface area contributed by atoms with Crippen LogP contribution in [0.4, 0.5) is 0 Å². The van der Waals surface area contributed by atoms with Gasteiger partial charge in [-0.2, -0.15) is 0 Å². The van der Waals surface area contributed by atoms with Crippen LogP contribution in [0, 0.1) is 5.92 Å². The van der Waals surface area contributed by atoms with Gasteiger partial charge in [0.05, 0.1) is 16.0 Å². The van der Waals surface area contributed by atoms with Gasteiger partial charge in [0.15, 0.2) is 5.75 Å². The third-order valence-corrected chi connectivity index (χ3v) is 3.17. The summed E-state index contributed by atoms with van der Waals surface area (Å²) in [6.07, 6.45) is 1.44. The van der Waals surface area contributed by atoms with E-state index in [1.54, 1.807) is 12.1 Å². The Hall–Kier alpha value is -0.930. The van der Waals surface area contributed by atoms with Gasteiger partial charge in [0, 0.05) is 6.07 Å². The Kier molecular flexibility index (Phi) is 5.59. The molecule has 0 radical (unpaired) electrons. The van der Waals surface area contributed by atoms with Gasteiger partial charge in [0.2, 0.25) is 0 Å². The molecule has 3 nitrogen and oxygen atoms in total. The second-order valence-corrected chi connectivity index (χ2v) is 4.39. The molecule has 0 saturated heterocycles. The summed E-state index contributed by atoms with van der Waals surface area (Å²) in [5.41, 5.74) is 0. The first-order valence-corrected chi connectivity index (χ1v) is 6.17. The molecule has 0 atom stereocenters. The van der Waals surface area contributed by atoms with Crippen LogP contribution < -0.4 is 4.89 Å². The number of hydrogen-bond donors (Lipinski definition) is 0. The summed E-state index contributed by atoms with van der Waals surface area (Å²) in [5.74, 6) is -0.169. The second kappa shape index (κ2) is 6.72. The Labute approximate surface area is 111 Å². The van der Waals surface area contributed by atoms with Crippen molar-refractivity contribution in [2.45, 2.75) is 26.7 Å². The van der Waals surface area contributed by atoms with Crippen molar-refractivity contribution >= 4 is 29.2 Å². The van der Waals surface area contributed by atoms with Crippen LogP contribution in [0.2, 0.25) is 10.0 Å². The Morgan fingerprint density at radius 2 is 1.88 bits per heavy atom. The first-order chi connectivity index (χ1) is 8.08. The molecule has 0 aliphatic rings. The summed E-state index contributed by atoms with van der Waals surface area (Å²) in [6.45, 7) is 3.85. The van der Waals surface area contributed by atoms with Crippen molar-refractivity contribution in [1.82, 2.24) is 0 Å². The summed E-state index contributed by atoms with van der Waals surface area (Å²) in [4.78, 5) is 21.1. The maximum absolute atomic E-state index is 11.5. The average molecular weight is 277 g/mol. The van der Waals surface area contributed by atoms with Crippen molar-refractivity contribution in [1.29, 1.82) is 0 Å². The van der Waals surface area contributed by atoms with Crippen LogP contribution in [0.3, 0.4) is 0 Å². The van der Waals surface area contributed by atoms with Gasteiger partial charge >= 0.3 is 5.97 Å². The van der Waals surface area contributed by atoms with Gasteiger partial charge < -0.3 is 0 Å². The van der Waals surface area contributed by atoms with Crippen LogP contribution in [-0.4, -0.2) is 5.97 Å². The molecular weight excluding hydrogens is 263 g/mol. The molecule has 0 amide bonds. The van der Waals surface area contributed by atoms with Crippen LogP contribution in [0.5, 0.6) is 5.75 Å². The molecule has 0 saturated carbocycles. The molecule has 0 N–H and O–H groups in total. The zero-order chi connectivity index (χ0) is 12.8. The van der Waals surface area contributed by atoms with E-state index in [0.717, 1.165) is 12.8 Å². The van der Waals surface area contributed by atoms with Gasteiger partial charge in [-0.15, -0.1) is 0 Å². The number of benzene rings is 1. The first kappa shape index (κ1) is 14.1. The fourth-order valence-corrected chi connectivity index (χ4v) is 1.60. The van der Waals surface area contributed by atoms with E-state index in [9.17, 15) is 4.79 Å². The lowest BCUT2D eigenvalue weighted by Crippen LogP contribution is -2.18. The quantitative estimate of drug-likeness (QED) is 0.595. The van der Waals surface area contributed by atoms with E-state index in [-0.39, 0.29) is 11.9 Å². The minimum Gasteiger partial charge on any atom is -0.287 e. The lowest BCUT2D eigenvalue weighted by Gasteiger charge is -2.10. The van der Waals surface area contributed by atoms with E-state index >= 15 is 0 Å². The predicted molar refractivity (Wildman–Crippen MR) is 67.3 cm³/mol. The van der Waals surface area contributed by atoms with Crippen LogP contribution in [0.15, 0.2) is 18.2 Å². The standard InChI is InChI=1S/C12H14Cl2O3/c1-3-8(4-2)12(15)17-16-9-5-6-10(13)11(14)7-9/h5-8H,3-4H2,1-2H3. The number of halogens is 2. The Bertz CT molecular complexity index is 389. The third-order valence-electron chi connectivity index (χ3n) is 2.43. The van der Waals surface area contributed by atoms with E-state index in [2.05, 4.69) is 0 Å². The predicted octanol–water partition coefficient (Wildman–Crippen LogP) is 4.27. The highest BCUT2D eigenvalue weighted by Gasteiger charge is 2.17. The van der Waals surface area contributed by atoms with Crippen LogP contribution >= 0.6 is 23.2 Å². The molecule has 5 heteroatoms. The monoisotopic (exact) mass is 276 g/mol. The highest BCUT2D eigenvalue weighted by molar-refractivity contribution is 6.42. The molecule has 1 rings (SSSR count). The van der Waals surface area contributed by atoms with Crippen LogP contribution in [0.25, 0.3) is 0 Å². The molecule has 1 aromatic carbocycles. The minimum absolute atomic E-state index is 0.141. The van der Waals surface area contributed by atoms with Gasteiger partial charge in [-0.25, -0.2) is 4.79 Å². The molecule has 0 fully saturated rings. The van der Waals surface area contributed by atoms with Gasteiger partial charge in [-0.3, -0.25) is 9.78 Å². The maximum Gasteiger partial charge on any atom is 0.358 e. The molecule has 1 aromatic rings. The fourth-order valence-electron chi connectivity index (χ4n) is 1.31. The lowest BCUT2D eigenvalue weighted by molar-refractivity contribution is -0.219. The molecule has 0 aliphatic heterocycles. The second-order valence-electron chi connectivity index (χ2n) is 3.58. The van der Waals surface area contributed by atoms with Crippen molar-refractivity contribution in [3.8, 4) is 5.75 Å². The first-order valence-electron chi connectivity index (χ1n) is 5.41. The van der Waals surface area contributed by atoms with E-state index < -0.39 is 0 Å². The molecular formula is C12H14Cl2O3. The summed E-state index contributed by atoms with van der Waals surface area (Å²) >= 11 is 11.5.